The maximum atomic E-state index is 12.8. The first-order valence-electron chi connectivity index (χ1n) is 8.74. The molecule has 0 saturated carbocycles. The molecule has 0 spiro atoms. The van der Waals surface area contributed by atoms with Crippen molar-refractivity contribution in [3.8, 4) is 11.5 Å². The zero-order valence-corrected chi connectivity index (χ0v) is 16.7. The number of benzene rings is 2. The highest BCUT2D eigenvalue weighted by molar-refractivity contribution is 7.89. The lowest BCUT2D eigenvalue weighted by atomic mass is 10.3. The van der Waals surface area contributed by atoms with Crippen LogP contribution in [0.2, 0.25) is 5.02 Å². The fourth-order valence-electron chi connectivity index (χ4n) is 2.95. The fourth-order valence-corrected chi connectivity index (χ4v) is 4.87. The molecule has 0 unspecified atom stereocenters. The minimum Gasteiger partial charge on any atom is -0.497 e. The molecule has 1 fully saturated rings. The van der Waals surface area contributed by atoms with Gasteiger partial charge >= 0.3 is 0 Å². The van der Waals surface area contributed by atoms with Crippen molar-refractivity contribution in [2.45, 2.75) is 4.90 Å². The van der Waals surface area contributed by atoms with Crippen LogP contribution in [0, 0.1) is 0 Å². The number of hydrogen-bond donors (Lipinski definition) is 0. The molecule has 1 aliphatic rings. The Bertz CT molecular complexity index is 850. The third-order valence-electron chi connectivity index (χ3n) is 4.52. The maximum Gasteiger partial charge on any atom is 0.244 e. The summed E-state index contributed by atoms with van der Waals surface area (Å²) in [4.78, 5) is 2.37. The molecule has 2 aromatic rings. The first-order valence-corrected chi connectivity index (χ1v) is 10.6. The van der Waals surface area contributed by atoms with Crippen LogP contribution in [0.4, 0.5) is 0 Å². The molecule has 0 N–H and O–H groups in total. The van der Waals surface area contributed by atoms with Crippen molar-refractivity contribution >= 4 is 21.6 Å². The average Bonchev–Trinajstić information content (AvgIpc) is 2.69. The highest BCUT2D eigenvalue weighted by atomic mass is 35.5. The van der Waals surface area contributed by atoms with Gasteiger partial charge in [-0.25, -0.2) is 8.42 Å². The Labute approximate surface area is 165 Å². The summed E-state index contributed by atoms with van der Waals surface area (Å²) in [5, 5.41) is 0.257. The average molecular weight is 411 g/mol. The van der Waals surface area contributed by atoms with Gasteiger partial charge in [0.05, 0.1) is 12.1 Å². The molecule has 1 saturated heterocycles. The van der Waals surface area contributed by atoms with E-state index < -0.39 is 10.0 Å². The monoisotopic (exact) mass is 410 g/mol. The molecule has 146 valence electrons. The maximum absolute atomic E-state index is 12.8. The van der Waals surface area contributed by atoms with Crippen molar-refractivity contribution in [1.82, 2.24) is 9.21 Å². The molecule has 1 heterocycles. The van der Waals surface area contributed by atoms with Crippen LogP contribution in [-0.2, 0) is 10.0 Å². The first kappa shape index (κ1) is 19.9. The Morgan fingerprint density at radius 1 is 0.963 bits per heavy atom. The molecule has 2 aromatic carbocycles. The van der Waals surface area contributed by atoms with Gasteiger partial charge < -0.3 is 9.47 Å². The van der Waals surface area contributed by atoms with Crippen LogP contribution in [-0.4, -0.2) is 64.1 Å². The number of hydrogen-bond acceptors (Lipinski definition) is 5. The lowest BCUT2D eigenvalue weighted by molar-refractivity contribution is 0.159. The zero-order chi connectivity index (χ0) is 19.3. The van der Waals surface area contributed by atoms with Gasteiger partial charge in [0.15, 0.2) is 0 Å². The molecule has 0 amide bonds. The van der Waals surface area contributed by atoms with Gasteiger partial charge in [0.25, 0.3) is 0 Å². The van der Waals surface area contributed by atoms with E-state index >= 15 is 0 Å². The van der Waals surface area contributed by atoms with Gasteiger partial charge in [-0.3, -0.25) is 4.90 Å². The smallest absolute Gasteiger partial charge is 0.244 e. The predicted molar refractivity (Wildman–Crippen MR) is 105 cm³/mol. The van der Waals surface area contributed by atoms with Crippen LogP contribution in [0.5, 0.6) is 11.5 Å². The van der Waals surface area contributed by atoms with Gasteiger partial charge in [0, 0.05) is 32.7 Å². The topological polar surface area (TPSA) is 59.1 Å². The summed E-state index contributed by atoms with van der Waals surface area (Å²) < 4.78 is 37.9. The Kier molecular flexibility index (Phi) is 6.59. The lowest BCUT2D eigenvalue weighted by Crippen LogP contribution is -2.49. The molecule has 1 aliphatic heterocycles. The van der Waals surface area contributed by atoms with Gasteiger partial charge in [0.1, 0.15) is 23.0 Å². The van der Waals surface area contributed by atoms with Crippen LogP contribution < -0.4 is 9.47 Å². The third-order valence-corrected chi connectivity index (χ3v) is 6.92. The second-order valence-corrected chi connectivity index (χ2v) is 8.51. The summed E-state index contributed by atoms with van der Waals surface area (Å²) in [5.41, 5.74) is 0. The van der Waals surface area contributed by atoms with Gasteiger partial charge in [-0.2, -0.15) is 4.31 Å². The number of ether oxygens (including phenoxy) is 2. The fraction of sp³-hybridized carbons (Fsp3) is 0.368. The molecular weight excluding hydrogens is 388 g/mol. The summed E-state index contributed by atoms with van der Waals surface area (Å²) in [6.07, 6.45) is 0. The van der Waals surface area contributed by atoms with Crippen molar-refractivity contribution in [3.05, 3.63) is 53.6 Å². The van der Waals surface area contributed by atoms with Gasteiger partial charge in [0.2, 0.25) is 10.0 Å². The van der Waals surface area contributed by atoms with E-state index in [1.807, 2.05) is 24.3 Å². The molecule has 6 nitrogen and oxygen atoms in total. The summed E-state index contributed by atoms with van der Waals surface area (Å²) >= 11 is 6.06. The quantitative estimate of drug-likeness (QED) is 0.702. The zero-order valence-electron chi connectivity index (χ0n) is 15.2. The highest BCUT2D eigenvalue weighted by Gasteiger charge is 2.29. The Hall–Kier alpha value is -1.80. The Balaban J connectivity index is 1.48. The van der Waals surface area contributed by atoms with Crippen LogP contribution >= 0.6 is 11.6 Å². The largest absolute Gasteiger partial charge is 0.497 e. The number of sulfonamides is 1. The summed E-state index contributed by atoms with van der Waals surface area (Å²) in [6.45, 7) is 3.49. The van der Waals surface area contributed by atoms with Crippen molar-refractivity contribution in [2.75, 3.05) is 46.4 Å². The molecule has 27 heavy (non-hydrogen) atoms. The van der Waals surface area contributed by atoms with Crippen molar-refractivity contribution in [3.63, 3.8) is 0 Å². The van der Waals surface area contributed by atoms with Crippen molar-refractivity contribution in [2.24, 2.45) is 0 Å². The molecule has 0 aromatic heterocycles. The summed E-state index contributed by atoms with van der Waals surface area (Å²) in [6, 6.07) is 14.0. The molecule has 3 rings (SSSR count). The normalized spacial score (nSPS) is 16.2. The minimum atomic E-state index is -3.55. The first-order chi connectivity index (χ1) is 13.0. The van der Waals surface area contributed by atoms with E-state index in [2.05, 4.69) is 4.90 Å². The van der Waals surface area contributed by atoms with E-state index in [1.54, 1.807) is 31.4 Å². The Morgan fingerprint density at radius 3 is 2.22 bits per heavy atom. The molecule has 0 bridgehead atoms. The second-order valence-electron chi connectivity index (χ2n) is 6.20. The van der Waals surface area contributed by atoms with Gasteiger partial charge in [-0.1, -0.05) is 23.7 Å². The predicted octanol–water partition coefficient (Wildman–Crippen LogP) is 2.73. The molecular formula is C19H23ClN2O4S. The second kappa shape index (κ2) is 8.93. The Morgan fingerprint density at radius 2 is 1.59 bits per heavy atom. The summed E-state index contributed by atoms with van der Waals surface area (Å²) in [7, 11) is -1.93. The third kappa shape index (κ3) is 4.93. The number of nitrogens with zero attached hydrogens (tertiary/aromatic N) is 2. The standard InChI is InChI=1S/C19H23ClN2O4S/c1-25-16-6-8-17(9-7-16)26-15-14-21-10-12-22(13-11-21)27(23,24)19-5-3-2-4-18(19)20/h2-9H,10-15H2,1H3. The molecule has 8 heteroatoms. The highest BCUT2D eigenvalue weighted by Crippen LogP contribution is 2.25. The number of piperazine rings is 1. The lowest BCUT2D eigenvalue weighted by Gasteiger charge is -2.34. The van der Waals surface area contributed by atoms with Gasteiger partial charge in [-0.05, 0) is 36.4 Å². The van der Waals surface area contributed by atoms with E-state index in [0.29, 0.717) is 32.8 Å². The van der Waals surface area contributed by atoms with E-state index in [0.717, 1.165) is 18.0 Å². The van der Waals surface area contributed by atoms with E-state index in [-0.39, 0.29) is 9.92 Å². The SMILES string of the molecule is COc1ccc(OCCN2CCN(S(=O)(=O)c3ccccc3Cl)CC2)cc1. The summed E-state index contributed by atoms with van der Waals surface area (Å²) in [5.74, 6) is 1.58. The van der Waals surface area contributed by atoms with Crippen molar-refractivity contribution < 1.29 is 17.9 Å². The van der Waals surface area contributed by atoms with Gasteiger partial charge in [-0.15, -0.1) is 0 Å². The van der Waals surface area contributed by atoms with E-state index in [1.165, 1.54) is 4.31 Å². The van der Waals surface area contributed by atoms with E-state index in [4.69, 9.17) is 21.1 Å². The van der Waals surface area contributed by atoms with Crippen molar-refractivity contribution in [1.29, 1.82) is 0 Å². The molecule has 0 radical (unpaired) electrons. The number of halogens is 1. The van der Waals surface area contributed by atoms with E-state index in [9.17, 15) is 8.42 Å². The van der Waals surface area contributed by atoms with Crippen LogP contribution in [0.1, 0.15) is 0 Å². The van der Waals surface area contributed by atoms with Crippen LogP contribution in [0.25, 0.3) is 0 Å². The number of methoxy groups -OCH3 is 1. The molecule has 0 aliphatic carbocycles. The van der Waals surface area contributed by atoms with Crippen LogP contribution in [0.3, 0.4) is 0 Å². The molecule has 0 atom stereocenters. The number of rotatable bonds is 7. The van der Waals surface area contributed by atoms with Crippen LogP contribution in [0.15, 0.2) is 53.4 Å². The minimum absolute atomic E-state index is 0.169.